The van der Waals surface area contributed by atoms with Gasteiger partial charge in [0.25, 0.3) is 11.6 Å². The predicted octanol–water partition coefficient (Wildman–Crippen LogP) is 3.20. The van der Waals surface area contributed by atoms with E-state index in [9.17, 15) is 14.9 Å². The number of nitrogens with one attached hydrogen (secondary N) is 1. The van der Waals surface area contributed by atoms with Crippen molar-refractivity contribution in [3.8, 4) is 5.75 Å². The van der Waals surface area contributed by atoms with Gasteiger partial charge in [0.15, 0.2) is 0 Å². The van der Waals surface area contributed by atoms with Crippen molar-refractivity contribution >= 4 is 17.3 Å². The highest BCUT2D eigenvalue weighted by Crippen LogP contribution is 2.36. The van der Waals surface area contributed by atoms with Crippen LogP contribution in [0.15, 0.2) is 42.5 Å². The molecule has 2 aromatic rings. The van der Waals surface area contributed by atoms with Crippen LogP contribution < -0.4 is 15.8 Å². The first kappa shape index (κ1) is 20.6. The van der Waals surface area contributed by atoms with Crippen LogP contribution in [-0.2, 0) is 0 Å². The van der Waals surface area contributed by atoms with Gasteiger partial charge in [-0.1, -0.05) is 12.1 Å². The predicted molar refractivity (Wildman–Crippen MR) is 111 cm³/mol. The summed E-state index contributed by atoms with van der Waals surface area (Å²) < 4.78 is 5.26. The van der Waals surface area contributed by atoms with Gasteiger partial charge in [0.2, 0.25) is 0 Å². The summed E-state index contributed by atoms with van der Waals surface area (Å²) in [5, 5.41) is 14.3. The van der Waals surface area contributed by atoms with E-state index in [-0.39, 0.29) is 17.3 Å². The monoisotopic (exact) mass is 398 g/mol. The Bertz CT molecular complexity index is 885. The molecular weight excluding hydrogens is 372 g/mol. The summed E-state index contributed by atoms with van der Waals surface area (Å²) in [6.45, 7) is 1.64. The SMILES string of the molecule is COc1ccc(C2C(CNc3ccc([N+](=O)[O-])cc3C(N)=O)CCCN2C)cc1. The average Bonchev–Trinajstić information content (AvgIpc) is 2.72. The molecule has 1 amide bonds. The normalized spacial score (nSPS) is 19.5. The van der Waals surface area contributed by atoms with E-state index in [1.54, 1.807) is 13.2 Å². The molecule has 1 aliphatic heterocycles. The first-order valence-electron chi connectivity index (χ1n) is 9.57. The van der Waals surface area contributed by atoms with Crippen LogP contribution in [0.25, 0.3) is 0 Å². The number of benzene rings is 2. The van der Waals surface area contributed by atoms with E-state index in [1.165, 1.54) is 17.7 Å². The molecule has 3 N–H and O–H groups in total. The fourth-order valence-corrected chi connectivity index (χ4v) is 4.05. The third-order valence-electron chi connectivity index (χ3n) is 5.50. The third-order valence-corrected chi connectivity index (χ3v) is 5.50. The van der Waals surface area contributed by atoms with E-state index >= 15 is 0 Å². The van der Waals surface area contributed by atoms with E-state index in [0.29, 0.717) is 18.2 Å². The van der Waals surface area contributed by atoms with Gasteiger partial charge in [0, 0.05) is 30.4 Å². The zero-order chi connectivity index (χ0) is 21.0. The number of hydrogen-bond donors (Lipinski definition) is 2. The van der Waals surface area contributed by atoms with Crippen molar-refractivity contribution in [1.29, 1.82) is 0 Å². The van der Waals surface area contributed by atoms with E-state index in [1.807, 2.05) is 12.1 Å². The summed E-state index contributed by atoms with van der Waals surface area (Å²) in [6, 6.07) is 12.5. The number of piperidine rings is 1. The van der Waals surface area contributed by atoms with Crippen molar-refractivity contribution in [1.82, 2.24) is 4.90 Å². The molecule has 0 aliphatic carbocycles. The number of rotatable bonds is 7. The molecule has 2 aromatic carbocycles. The summed E-state index contributed by atoms with van der Waals surface area (Å²) in [4.78, 5) is 24.6. The number of methoxy groups -OCH3 is 1. The number of non-ortho nitro benzene ring substituents is 1. The Morgan fingerprint density at radius 2 is 2.03 bits per heavy atom. The van der Waals surface area contributed by atoms with Crippen molar-refractivity contribution in [2.45, 2.75) is 18.9 Å². The number of carbonyl (C=O) groups excluding carboxylic acids is 1. The number of likely N-dealkylation sites (tertiary alicyclic amines) is 1. The lowest BCUT2D eigenvalue weighted by atomic mass is 9.84. The van der Waals surface area contributed by atoms with Crippen LogP contribution in [0.5, 0.6) is 5.75 Å². The Hall–Kier alpha value is -3.13. The van der Waals surface area contributed by atoms with Crippen LogP contribution in [-0.4, -0.2) is 43.0 Å². The molecule has 0 aromatic heterocycles. The minimum atomic E-state index is -0.691. The zero-order valence-electron chi connectivity index (χ0n) is 16.6. The summed E-state index contributed by atoms with van der Waals surface area (Å²) in [5.41, 5.74) is 7.14. The number of nitrogens with two attached hydrogens (primary N) is 1. The van der Waals surface area contributed by atoms with E-state index in [0.717, 1.165) is 25.1 Å². The van der Waals surface area contributed by atoms with Crippen molar-refractivity contribution in [3.05, 3.63) is 63.7 Å². The summed E-state index contributed by atoms with van der Waals surface area (Å²) in [7, 11) is 3.76. The van der Waals surface area contributed by atoms with Gasteiger partial charge in [-0.25, -0.2) is 0 Å². The number of ether oxygens (including phenoxy) is 1. The summed E-state index contributed by atoms with van der Waals surface area (Å²) in [6.07, 6.45) is 2.12. The number of primary amides is 1. The van der Waals surface area contributed by atoms with Gasteiger partial charge in [-0.05, 0) is 56.1 Å². The first-order chi connectivity index (χ1) is 13.9. The summed E-state index contributed by atoms with van der Waals surface area (Å²) >= 11 is 0. The van der Waals surface area contributed by atoms with Crippen molar-refractivity contribution in [2.75, 3.05) is 32.6 Å². The fourth-order valence-electron chi connectivity index (χ4n) is 4.05. The van der Waals surface area contributed by atoms with Crippen molar-refractivity contribution < 1.29 is 14.5 Å². The maximum atomic E-state index is 11.8. The number of carbonyl (C=O) groups is 1. The second-order valence-corrected chi connectivity index (χ2v) is 7.33. The Balaban J connectivity index is 1.80. The Morgan fingerprint density at radius 3 is 2.66 bits per heavy atom. The smallest absolute Gasteiger partial charge is 0.270 e. The number of hydrogen-bond acceptors (Lipinski definition) is 6. The minimum Gasteiger partial charge on any atom is -0.497 e. The van der Waals surface area contributed by atoms with Gasteiger partial charge in [-0.3, -0.25) is 19.8 Å². The van der Waals surface area contributed by atoms with Crippen LogP contribution in [0, 0.1) is 16.0 Å². The molecule has 1 heterocycles. The maximum absolute atomic E-state index is 11.8. The van der Waals surface area contributed by atoms with Crippen LogP contribution in [0.1, 0.15) is 34.8 Å². The molecule has 0 radical (unpaired) electrons. The minimum absolute atomic E-state index is 0.129. The maximum Gasteiger partial charge on any atom is 0.270 e. The van der Waals surface area contributed by atoms with Crippen molar-refractivity contribution in [2.24, 2.45) is 11.7 Å². The van der Waals surface area contributed by atoms with E-state index < -0.39 is 10.8 Å². The largest absolute Gasteiger partial charge is 0.497 e. The lowest BCUT2D eigenvalue weighted by Gasteiger charge is -2.40. The van der Waals surface area contributed by atoms with Gasteiger partial charge in [0.1, 0.15) is 5.75 Å². The highest BCUT2D eigenvalue weighted by Gasteiger charge is 2.30. The lowest BCUT2D eigenvalue weighted by Crippen LogP contribution is -2.39. The number of amides is 1. The molecule has 8 heteroatoms. The highest BCUT2D eigenvalue weighted by molar-refractivity contribution is 5.99. The number of anilines is 1. The molecule has 0 bridgehead atoms. The van der Waals surface area contributed by atoms with Crippen LogP contribution in [0.4, 0.5) is 11.4 Å². The molecule has 0 saturated carbocycles. The third kappa shape index (κ3) is 4.65. The summed E-state index contributed by atoms with van der Waals surface area (Å²) in [5.74, 6) is 0.431. The van der Waals surface area contributed by atoms with Gasteiger partial charge < -0.3 is 15.8 Å². The molecule has 2 unspecified atom stereocenters. The standard InChI is InChI=1S/C21H26N4O4/c1-24-11-3-4-15(20(24)14-5-8-17(29-2)9-6-14)13-23-19-10-7-16(25(27)28)12-18(19)21(22)26/h5-10,12,15,20,23H,3-4,11,13H2,1-2H3,(H2,22,26). The van der Waals surface area contributed by atoms with E-state index in [2.05, 4.69) is 29.4 Å². The molecule has 2 atom stereocenters. The Morgan fingerprint density at radius 1 is 1.31 bits per heavy atom. The quantitative estimate of drug-likeness (QED) is 0.547. The molecule has 0 spiro atoms. The van der Waals surface area contributed by atoms with Gasteiger partial charge in [-0.15, -0.1) is 0 Å². The number of nitro groups is 1. The number of nitro benzene ring substituents is 1. The fraction of sp³-hybridized carbons (Fsp3) is 0.381. The second kappa shape index (κ2) is 8.91. The highest BCUT2D eigenvalue weighted by atomic mass is 16.6. The molecule has 1 aliphatic rings. The van der Waals surface area contributed by atoms with Crippen LogP contribution >= 0.6 is 0 Å². The van der Waals surface area contributed by atoms with E-state index in [4.69, 9.17) is 10.5 Å². The van der Waals surface area contributed by atoms with Crippen LogP contribution in [0.2, 0.25) is 0 Å². The molecule has 3 rings (SSSR count). The second-order valence-electron chi connectivity index (χ2n) is 7.33. The van der Waals surface area contributed by atoms with Gasteiger partial charge in [0.05, 0.1) is 17.6 Å². The molecule has 8 nitrogen and oxygen atoms in total. The average molecular weight is 398 g/mol. The van der Waals surface area contributed by atoms with Gasteiger partial charge >= 0.3 is 0 Å². The molecule has 1 fully saturated rings. The number of nitrogens with zero attached hydrogens (tertiary/aromatic N) is 2. The van der Waals surface area contributed by atoms with Gasteiger partial charge in [-0.2, -0.15) is 0 Å². The topological polar surface area (TPSA) is 111 Å². The zero-order valence-corrected chi connectivity index (χ0v) is 16.6. The molecular formula is C21H26N4O4. The Kier molecular flexibility index (Phi) is 6.33. The first-order valence-corrected chi connectivity index (χ1v) is 9.57. The van der Waals surface area contributed by atoms with Crippen molar-refractivity contribution in [3.63, 3.8) is 0 Å². The Labute approximate surface area is 169 Å². The van der Waals surface area contributed by atoms with Crippen LogP contribution in [0.3, 0.4) is 0 Å². The molecule has 1 saturated heterocycles. The molecule has 29 heavy (non-hydrogen) atoms. The lowest BCUT2D eigenvalue weighted by molar-refractivity contribution is -0.384. The molecule has 154 valence electrons.